The largest absolute Gasteiger partial charge is 0.493 e. The number of fused-ring (bicyclic) bond motifs is 1. The number of rotatable bonds is 6. The summed E-state index contributed by atoms with van der Waals surface area (Å²) in [5, 5.41) is 5.19. The lowest BCUT2D eigenvalue weighted by atomic mass is 10.2. The molecule has 0 saturated heterocycles. The Morgan fingerprint density at radius 2 is 2.15 bits per heavy atom. The standard InChI is InChI=1S/C17H15F2N3O5/c1-25-12-5-2-9(6-13(12)27-17(18)19)7-20-15(24)10-3-4-11-16(22-10)26-8-14(23)21-11/h2-6,17H,7-8H2,1H3,(H,20,24)(H,21,23). The van der Waals surface area contributed by atoms with E-state index in [4.69, 9.17) is 9.47 Å². The molecular weight excluding hydrogens is 364 g/mol. The minimum Gasteiger partial charge on any atom is -0.493 e. The maximum absolute atomic E-state index is 12.5. The molecule has 8 nitrogen and oxygen atoms in total. The Hall–Kier alpha value is -3.43. The summed E-state index contributed by atoms with van der Waals surface area (Å²) in [5.41, 5.74) is 0.996. The molecule has 2 N–H and O–H groups in total. The van der Waals surface area contributed by atoms with Crippen LogP contribution in [0.2, 0.25) is 0 Å². The Balaban J connectivity index is 1.68. The van der Waals surface area contributed by atoms with Crippen molar-refractivity contribution in [1.29, 1.82) is 0 Å². The van der Waals surface area contributed by atoms with Gasteiger partial charge in [-0.25, -0.2) is 4.98 Å². The average Bonchev–Trinajstić information content (AvgIpc) is 2.65. The van der Waals surface area contributed by atoms with E-state index in [9.17, 15) is 18.4 Å². The van der Waals surface area contributed by atoms with Crippen molar-refractivity contribution in [2.75, 3.05) is 19.0 Å². The highest BCUT2D eigenvalue weighted by atomic mass is 19.3. The molecular formula is C17H15F2N3O5. The van der Waals surface area contributed by atoms with E-state index >= 15 is 0 Å². The third kappa shape index (κ3) is 4.40. The van der Waals surface area contributed by atoms with Crippen LogP contribution >= 0.6 is 0 Å². The van der Waals surface area contributed by atoms with E-state index < -0.39 is 12.5 Å². The summed E-state index contributed by atoms with van der Waals surface area (Å²) in [6, 6.07) is 7.37. The zero-order valence-corrected chi connectivity index (χ0v) is 14.1. The van der Waals surface area contributed by atoms with Gasteiger partial charge in [-0.05, 0) is 29.8 Å². The number of methoxy groups -OCH3 is 1. The molecule has 1 aromatic heterocycles. The molecule has 1 aromatic carbocycles. The highest BCUT2D eigenvalue weighted by molar-refractivity contribution is 5.97. The molecule has 142 valence electrons. The second-order valence-corrected chi connectivity index (χ2v) is 5.43. The van der Waals surface area contributed by atoms with Gasteiger partial charge >= 0.3 is 6.61 Å². The van der Waals surface area contributed by atoms with E-state index in [1.54, 1.807) is 6.07 Å². The van der Waals surface area contributed by atoms with Gasteiger partial charge in [0.15, 0.2) is 18.1 Å². The van der Waals surface area contributed by atoms with Crippen molar-refractivity contribution >= 4 is 17.5 Å². The number of hydrogen-bond acceptors (Lipinski definition) is 6. The molecule has 2 amide bonds. The second-order valence-electron chi connectivity index (χ2n) is 5.43. The predicted molar refractivity (Wildman–Crippen MR) is 89.2 cm³/mol. The van der Waals surface area contributed by atoms with E-state index in [0.29, 0.717) is 11.3 Å². The topological polar surface area (TPSA) is 98.8 Å². The number of alkyl halides is 2. The minimum atomic E-state index is -3.00. The van der Waals surface area contributed by atoms with Gasteiger partial charge in [0.1, 0.15) is 11.4 Å². The first-order valence-electron chi connectivity index (χ1n) is 7.80. The third-order valence-corrected chi connectivity index (χ3v) is 3.60. The summed E-state index contributed by atoms with van der Waals surface area (Å²) in [6.07, 6.45) is 0. The first-order valence-corrected chi connectivity index (χ1v) is 7.80. The normalized spacial score (nSPS) is 12.7. The number of anilines is 1. The van der Waals surface area contributed by atoms with Crippen LogP contribution in [-0.2, 0) is 11.3 Å². The molecule has 0 fully saturated rings. The average molecular weight is 379 g/mol. The van der Waals surface area contributed by atoms with E-state index in [0.717, 1.165) is 0 Å². The van der Waals surface area contributed by atoms with Crippen molar-refractivity contribution in [3.05, 3.63) is 41.6 Å². The van der Waals surface area contributed by atoms with Crippen LogP contribution in [-0.4, -0.2) is 37.1 Å². The van der Waals surface area contributed by atoms with Gasteiger partial charge < -0.3 is 24.8 Å². The van der Waals surface area contributed by atoms with Gasteiger partial charge in [-0.3, -0.25) is 9.59 Å². The SMILES string of the molecule is COc1ccc(CNC(=O)c2ccc3c(n2)OCC(=O)N3)cc1OC(F)F. The summed E-state index contributed by atoms with van der Waals surface area (Å²) in [4.78, 5) is 27.5. The fourth-order valence-corrected chi connectivity index (χ4v) is 2.38. The van der Waals surface area contributed by atoms with Gasteiger partial charge in [0.2, 0.25) is 5.88 Å². The van der Waals surface area contributed by atoms with Gasteiger partial charge in [0.25, 0.3) is 11.8 Å². The quantitative estimate of drug-likeness (QED) is 0.796. The van der Waals surface area contributed by atoms with Crippen LogP contribution in [0.25, 0.3) is 0 Å². The summed E-state index contributed by atoms with van der Waals surface area (Å²) in [7, 11) is 1.33. The van der Waals surface area contributed by atoms with Crippen molar-refractivity contribution in [3.63, 3.8) is 0 Å². The van der Waals surface area contributed by atoms with Crippen LogP contribution in [0.1, 0.15) is 16.1 Å². The lowest BCUT2D eigenvalue weighted by molar-refractivity contribution is -0.118. The number of halogens is 2. The maximum Gasteiger partial charge on any atom is 0.387 e. The van der Waals surface area contributed by atoms with E-state index in [1.165, 1.54) is 31.4 Å². The van der Waals surface area contributed by atoms with Crippen molar-refractivity contribution in [2.45, 2.75) is 13.2 Å². The summed E-state index contributed by atoms with van der Waals surface area (Å²) in [5.74, 6) is -0.621. The fourth-order valence-electron chi connectivity index (χ4n) is 2.38. The molecule has 2 heterocycles. The Morgan fingerprint density at radius 1 is 1.33 bits per heavy atom. The maximum atomic E-state index is 12.5. The van der Waals surface area contributed by atoms with Crippen LogP contribution in [0.15, 0.2) is 30.3 Å². The Morgan fingerprint density at radius 3 is 2.89 bits per heavy atom. The number of hydrogen-bond donors (Lipinski definition) is 2. The molecule has 0 atom stereocenters. The first kappa shape index (κ1) is 18.4. The van der Waals surface area contributed by atoms with Gasteiger partial charge in [-0.15, -0.1) is 0 Å². The zero-order valence-electron chi connectivity index (χ0n) is 14.1. The number of benzene rings is 1. The number of nitrogens with one attached hydrogen (secondary N) is 2. The minimum absolute atomic E-state index is 0.0543. The van der Waals surface area contributed by atoms with Crippen molar-refractivity contribution in [3.8, 4) is 17.4 Å². The molecule has 27 heavy (non-hydrogen) atoms. The molecule has 2 aromatic rings. The van der Waals surface area contributed by atoms with Crippen LogP contribution < -0.4 is 24.8 Å². The molecule has 1 aliphatic rings. The van der Waals surface area contributed by atoms with Gasteiger partial charge in [0.05, 0.1) is 7.11 Å². The fraction of sp³-hybridized carbons (Fsp3) is 0.235. The lowest BCUT2D eigenvalue weighted by Crippen LogP contribution is -2.28. The summed E-state index contributed by atoms with van der Waals surface area (Å²) >= 11 is 0. The van der Waals surface area contributed by atoms with Crippen molar-refractivity contribution in [1.82, 2.24) is 10.3 Å². The van der Waals surface area contributed by atoms with Crippen LogP contribution in [0, 0.1) is 0 Å². The molecule has 1 aliphatic heterocycles. The Labute approximate surface area is 152 Å². The second kappa shape index (κ2) is 7.85. The zero-order chi connectivity index (χ0) is 19.4. The van der Waals surface area contributed by atoms with E-state index in [1.807, 2.05) is 0 Å². The van der Waals surface area contributed by atoms with Crippen molar-refractivity contribution in [2.24, 2.45) is 0 Å². The Kier molecular flexibility index (Phi) is 5.34. The monoisotopic (exact) mass is 379 g/mol. The lowest BCUT2D eigenvalue weighted by Gasteiger charge is -2.17. The molecule has 3 rings (SSSR count). The Bertz CT molecular complexity index is 876. The van der Waals surface area contributed by atoms with Crippen LogP contribution in [0.4, 0.5) is 14.5 Å². The molecule has 10 heteroatoms. The van der Waals surface area contributed by atoms with Crippen LogP contribution in [0.5, 0.6) is 17.4 Å². The highest BCUT2D eigenvalue weighted by Crippen LogP contribution is 2.29. The molecule has 0 unspecified atom stereocenters. The first-order chi connectivity index (χ1) is 13.0. The van der Waals surface area contributed by atoms with Crippen LogP contribution in [0.3, 0.4) is 0 Å². The summed E-state index contributed by atoms with van der Waals surface area (Å²) in [6.45, 7) is -3.12. The molecule has 0 aliphatic carbocycles. The van der Waals surface area contributed by atoms with E-state index in [2.05, 4.69) is 20.4 Å². The number of amides is 2. The number of ether oxygens (including phenoxy) is 3. The number of carbonyl (C=O) groups excluding carboxylic acids is 2. The van der Waals surface area contributed by atoms with Crippen molar-refractivity contribution < 1.29 is 32.6 Å². The smallest absolute Gasteiger partial charge is 0.387 e. The predicted octanol–water partition coefficient (Wildman–Crippen LogP) is 1.95. The van der Waals surface area contributed by atoms with Gasteiger partial charge in [-0.2, -0.15) is 8.78 Å². The van der Waals surface area contributed by atoms with Gasteiger partial charge in [-0.1, -0.05) is 6.07 Å². The van der Waals surface area contributed by atoms with E-state index in [-0.39, 0.29) is 42.1 Å². The number of aromatic nitrogens is 1. The molecule has 0 bridgehead atoms. The highest BCUT2D eigenvalue weighted by Gasteiger charge is 2.19. The molecule has 0 spiro atoms. The number of carbonyl (C=O) groups is 2. The number of nitrogens with zero attached hydrogens (tertiary/aromatic N) is 1. The third-order valence-electron chi connectivity index (χ3n) is 3.60. The molecule has 0 saturated carbocycles. The van der Waals surface area contributed by atoms with Gasteiger partial charge in [0, 0.05) is 6.54 Å². The molecule has 0 radical (unpaired) electrons. The summed E-state index contributed by atoms with van der Waals surface area (Å²) < 4.78 is 39.5. The number of pyridine rings is 1.